The Morgan fingerprint density at radius 3 is 2.12 bits per heavy atom. The third kappa shape index (κ3) is 4.87. The smallest absolute Gasteiger partial charge is 0.409 e. The second-order valence-electron chi connectivity index (χ2n) is 4.94. The lowest BCUT2D eigenvalue weighted by atomic mass is 10.1. The van der Waals surface area contributed by atoms with E-state index >= 15 is 0 Å². The Labute approximate surface area is 139 Å². The summed E-state index contributed by atoms with van der Waals surface area (Å²) in [5.74, 6) is -0.162. The minimum atomic E-state index is -4.86. The molecule has 25 heavy (non-hydrogen) atoms. The highest BCUT2D eigenvalue weighted by atomic mass is 19.4. The van der Waals surface area contributed by atoms with Crippen molar-refractivity contribution in [2.24, 2.45) is 4.99 Å². The summed E-state index contributed by atoms with van der Waals surface area (Å²) < 4.78 is 44.1. The Morgan fingerprint density at radius 1 is 1.08 bits per heavy atom. The van der Waals surface area contributed by atoms with Crippen molar-refractivity contribution < 1.29 is 27.6 Å². The zero-order chi connectivity index (χ0) is 18.6. The third-order valence-corrected chi connectivity index (χ3v) is 3.05. The van der Waals surface area contributed by atoms with Gasteiger partial charge in [-0.15, -0.1) is 0 Å². The summed E-state index contributed by atoms with van der Waals surface area (Å²) in [6, 6.07) is 9.58. The van der Waals surface area contributed by atoms with Gasteiger partial charge in [-0.1, -0.05) is 29.8 Å². The average Bonchev–Trinajstić information content (AvgIpc) is 2.53. The molecule has 0 fully saturated rings. The molecule has 1 amide bonds. The van der Waals surface area contributed by atoms with E-state index < -0.39 is 22.9 Å². The van der Waals surface area contributed by atoms with Gasteiger partial charge in [-0.05, 0) is 19.1 Å². The van der Waals surface area contributed by atoms with Crippen molar-refractivity contribution in [1.82, 2.24) is 0 Å². The van der Waals surface area contributed by atoms with Crippen molar-refractivity contribution in [2.45, 2.75) is 13.1 Å². The number of hydrogen-bond acceptors (Lipinski definition) is 4. The van der Waals surface area contributed by atoms with Crippen LogP contribution in [0.3, 0.4) is 0 Å². The number of benzene rings is 2. The van der Waals surface area contributed by atoms with Crippen LogP contribution in [0, 0.1) is 17.0 Å². The summed E-state index contributed by atoms with van der Waals surface area (Å²) in [5.41, 5.74) is -1.17. The number of nitrogens with zero attached hydrogens (tertiary/aromatic N) is 2. The minimum absolute atomic E-state index is 0.162. The van der Waals surface area contributed by atoms with E-state index in [1.54, 1.807) is 6.92 Å². The summed E-state index contributed by atoms with van der Waals surface area (Å²) in [7, 11) is 0. The summed E-state index contributed by atoms with van der Waals surface area (Å²) >= 11 is 0. The number of ether oxygens (including phenoxy) is 1. The zero-order valence-electron chi connectivity index (χ0n) is 12.8. The normalized spacial score (nSPS) is 11.9. The number of aliphatic imine (C=N–C) groups is 1. The van der Waals surface area contributed by atoms with Gasteiger partial charge in [-0.25, -0.2) is 4.79 Å². The molecule has 0 spiro atoms. The van der Waals surface area contributed by atoms with Crippen LogP contribution in [0.4, 0.5) is 23.7 Å². The van der Waals surface area contributed by atoms with Gasteiger partial charge in [0.05, 0.1) is 4.92 Å². The number of halogens is 3. The van der Waals surface area contributed by atoms with Crippen molar-refractivity contribution in [1.29, 1.82) is 0 Å². The van der Waals surface area contributed by atoms with E-state index in [9.17, 15) is 28.1 Å². The molecule has 0 heterocycles. The standard InChI is InChI=1S/C16H11F3N2O4/c1-10-2-4-11(5-3-10)14(16(17,18)19)20-15(22)25-13-8-6-12(7-9-13)21(23)24/h2-9H,1H3/b20-14+. The van der Waals surface area contributed by atoms with Crippen LogP contribution in [0.25, 0.3) is 0 Å². The molecule has 6 nitrogen and oxygen atoms in total. The predicted octanol–water partition coefficient (Wildman–Crippen LogP) is 4.45. The van der Waals surface area contributed by atoms with Gasteiger partial charge in [-0.3, -0.25) is 10.1 Å². The fourth-order valence-electron chi connectivity index (χ4n) is 1.85. The summed E-state index contributed by atoms with van der Waals surface area (Å²) in [6.45, 7) is 1.71. The highest BCUT2D eigenvalue weighted by molar-refractivity contribution is 6.09. The maximum atomic E-state index is 13.1. The molecule has 0 N–H and O–H groups in total. The van der Waals surface area contributed by atoms with Crippen molar-refractivity contribution in [3.8, 4) is 5.75 Å². The van der Waals surface area contributed by atoms with E-state index in [4.69, 9.17) is 0 Å². The lowest BCUT2D eigenvalue weighted by Crippen LogP contribution is -2.26. The van der Waals surface area contributed by atoms with Crippen LogP contribution < -0.4 is 4.74 Å². The quantitative estimate of drug-likeness (QED) is 0.464. The van der Waals surface area contributed by atoms with E-state index in [1.165, 1.54) is 24.3 Å². The number of aryl methyl sites for hydroxylation is 1. The number of carbonyl (C=O) groups excluding carboxylic acids is 1. The second kappa shape index (κ2) is 7.12. The molecule has 0 unspecified atom stereocenters. The van der Waals surface area contributed by atoms with Crippen LogP contribution >= 0.6 is 0 Å². The van der Waals surface area contributed by atoms with Crippen molar-refractivity contribution in [3.63, 3.8) is 0 Å². The van der Waals surface area contributed by atoms with Gasteiger partial charge < -0.3 is 4.74 Å². The van der Waals surface area contributed by atoms with Crippen LogP contribution in [0.5, 0.6) is 5.75 Å². The fourth-order valence-corrected chi connectivity index (χ4v) is 1.85. The summed E-state index contributed by atoms with van der Waals surface area (Å²) in [4.78, 5) is 24.5. The molecule has 9 heteroatoms. The summed E-state index contributed by atoms with van der Waals surface area (Å²) in [6.07, 6.45) is -6.34. The van der Waals surface area contributed by atoms with E-state index in [0.717, 1.165) is 29.8 Å². The number of carbonyl (C=O) groups is 1. The maximum Gasteiger partial charge on any atom is 0.439 e. The Hall–Kier alpha value is -3.23. The molecule has 0 aliphatic heterocycles. The molecular formula is C16H11F3N2O4. The van der Waals surface area contributed by atoms with Crippen molar-refractivity contribution in [2.75, 3.05) is 0 Å². The Bertz CT molecular complexity index is 813. The van der Waals surface area contributed by atoms with Gasteiger partial charge in [0, 0.05) is 17.7 Å². The predicted molar refractivity (Wildman–Crippen MR) is 82.9 cm³/mol. The minimum Gasteiger partial charge on any atom is -0.409 e. The largest absolute Gasteiger partial charge is 0.439 e. The molecule has 0 saturated carbocycles. The molecule has 2 rings (SSSR count). The molecule has 0 aliphatic rings. The number of amides is 1. The average molecular weight is 352 g/mol. The Morgan fingerprint density at radius 2 is 1.64 bits per heavy atom. The van der Waals surface area contributed by atoms with Gasteiger partial charge in [0.1, 0.15) is 5.75 Å². The zero-order valence-corrected chi connectivity index (χ0v) is 12.8. The SMILES string of the molecule is Cc1ccc(/C(=N\C(=O)Oc2ccc([N+](=O)[O-])cc2)C(F)(F)F)cc1. The van der Waals surface area contributed by atoms with Crippen LogP contribution in [-0.4, -0.2) is 22.9 Å². The lowest BCUT2D eigenvalue weighted by Gasteiger charge is -2.10. The van der Waals surface area contributed by atoms with Gasteiger partial charge in [0.2, 0.25) is 0 Å². The molecule has 0 radical (unpaired) electrons. The van der Waals surface area contributed by atoms with Gasteiger partial charge in [0.15, 0.2) is 5.71 Å². The van der Waals surface area contributed by atoms with Gasteiger partial charge >= 0.3 is 12.3 Å². The van der Waals surface area contributed by atoms with Crippen molar-refractivity contribution >= 4 is 17.5 Å². The molecule has 0 bridgehead atoms. The monoisotopic (exact) mass is 352 g/mol. The molecule has 2 aromatic carbocycles. The van der Waals surface area contributed by atoms with Gasteiger partial charge in [-0.2, -0.15) is 18.2 Å². The summed E-state index contributed by atoms with van der Waals surface area (Å²) in [5, 5.41) is 10.5. The molecule has 0 aliphatic carbocycles. The van der Waals surface area contributed by atoms with E-state index in [-0.39, 0.29) is 17.0 Å². The Kier molecular flexibility index (Phi) is 5.16. The number of rotatable bonds is 3. The number of hydrogen-bond donors (Lipinski definition) is 0. The molecular weight excluding hydrogens is 341 g/mol. The highest BCUT2D eigenvalue weighted by Crippen LogP contribution is 2.24. The van der Waals surface area contributed by atoms with Crippen LogP contribution in [0.15, 0.2) is 53.5 Å². The fraction of sp³-hybridized carbons (Fsp3) is 0.125. The maximum absolute atomic E-state index is 13.1. The third-order valence-electron chi connectivity index (χ3n) is 3.05. The van der Waals surface area contributed by atoms with E-state index in [2.05, 4.69) is 9.73 Å². The first kappa shape index (κ1) is 18.1. The van der Waals surface area contributed by atoms with Crippen LogP contribution in [-0.2, 0) is 0 Å². The van der Waals surface area contributed by atoms with E-state index in [1.807, 2.05) is 0 Å². The Balaban J connectivity index is 2.25. The molecule has 0 aromatic heterocycles. The van der Waals surface area contributed by atoms with Crippen LogP contribution in [0.1, 0.15) is 11.1 Å². The van der Waals surface area contributed by atoms with E-state index in [0.29, 0.717) is 0 Å². The van der Waals surface area contributed by atoms with Crippen molar-refractivity contribution in [3.05, 3.63) is 69.8 Å². The number of non-ortho nitro benzene ring substituents is 1. The lowest BCUT2D eigenvalue weighted by molar-refractivity contribution is -0.384. The first-order valence-corrected chi connectivity index (χ1v) is 6.86. The second-order valence-corrected chi connectivity index (χ2v) is 4.94. The number of nitro benzene ring substituents is 1. The van der Waals surface area contributed by atoms with Crippen LogP contribution in [0.2, 0.25) is 0 Å². The number of nitro groups is 1. The molecule has 2 aromatic rings. The topological polar surface area (TPSA) is 81.8 Å². The first-order chi connectivity index (χ1) is 11.7. The first-order valence-electron chi connectivity index (χ1n) is 6.86. The molecule has 0 saturated heterocycles. The highest BCUT2D eigenvalue weighted by Gasteiger charge is 2.37. The molecule has 0 atom stereocenters. The molecule has 130 valence electrons. The van der Waals surface area contributed by atoms with Gasteiger partial charge in [0.25, 0.3) is 5.69 Å². The number of alkyl halides is 3.